The lowest BCUT2D eigenvalue weighted by atomic mass is 10.3. The van der Waals surface area contributed by atoms with E-state index in [0.29, 0.717) is 13.1 Å². The predicted octanol–water partition coefficient (Wildman–Crippen LogP) is 1.45. The fourth-order valence-electron chi connectivity index (χ4n) is 1.40. The van der Waals surface area contributed by atoms with Crippen molar-refractivity contribution in [2.75, 3.05) is 19.7 Å². The molecule has 0 bridgehead atoms. The summed E-state index contributed by atoms with van der Waals surface area (Å²) in [6.45, 7) is 1.42. The van der Waals surface area contributed by atoms with Gasteiger partial charge >= 0.3 is 0 Å². The Kier molecular flexibility index (Phi) is 6.79. The van der Waals surface area contributed by atoms with Crippen LogP contribution in [0.4, 0.5) is 4.39 Å². The number of unbranched alkanes of at least 4 members (excludes halogenated alkanes) is 1. The van der Waals surface area contributed by atoms with Gasteiger partial charge in [0.1, 0.15) is 0 Å². The van der Waals surface area contributed by atoms with E-state index in [1.165, 1.54) is 12.1 Å². The van der Waals surface area contributed by atoms with E-state index in [4.69, 9.17) is 10.5 Å². The molecule has 0 fully saturated rings. The van der Waals surface area contributed by atoms with E-state index in [-0.39, 0.29) is 24.7 Å². The Morgan fingerprint density at radius 2 is 2.11 bits per heavy atom. The summed E-state index contributed by atoms with van der Waals surface area (Å²) in [6.07, 6.45) is 1.99. The number of nitrogens with two attached hydrogens (primary N) is 1. The van der Waals surface area contributed by atoms with E-state index in [1.54, 1.807) is 12.1 Å². The van der Waals surface area contributed by atoms with Gasteiger partial charge in [-0.25, -0.2) is 4.39 Å². The molecule has 100 valence electrons. The van der Waals surface area contributed by atoms with Crippen molar-refractivity contribution < 1.29 is 13.9 Å². The molecule has 0 spiro atoms. The van der Waals surface area contributed by atoms with Gasteiger partial charge in [-0.1, -0.05) is 12.1 Å². The molecular formula is C13H19FN2O2. The maximum atomic E-state index is 13.2. The molecule has 4 nitrogen and oxygen atoms in total. The smallest absolute Gasteiger partial charge is 0.223 e. The van der Waals surface area contributed by atoms with E-state index in [1.807, 2.05) is 0 Å². The summed E-state index contributed by atoms with van der Waals surface area (Å²) < 4.78 is 18.3. The largest absolute Gasteiger partial charge is 0.490 e. The number of para-hydroxylation sites is 1. The highest BCUT2D eigenvalue weighted by molar-refractivity contribution is 5.75. The van der Waals surface area contributed by atoms with Crippen molar-refractivity contribution in [2.45, 2.75) is 19.3 Å². The Morgan fingerprint density at radius 3 is 2.83 bits per heavy atom. The van der Waals surface area contributed by atoms with Crippen LogP contribution in [0.2, 0.25) is 0 Å². The van der Waals surface area contributed by atoms with Gasteiger partial charge in [-0.05, 0) is 31.5 Å². The normalized spacial score (nSPS) is 10.1. The minimum absolute atomic E-state index is 0.0941. The molecule has 0 saturated carbocycles. The van der Waals surface area contributed by atoms with Gasteiger partial charge in [-0.15, -0.1) is 0 Å². The summed E-state index contributed by atoms with van der Waals surface area (Å²) in [7, 11) is 0. The second-order valence-electron chi connectivity index (χ2n) is 3.87. The van der Waals surface area contributed by atoms with Crippen LogP contribution in [0.25, 0.3) is 0 Å². The van der Waals surface area contributed by atoms with Crippen molar-refractivity contribution >= 4 is 5.91 Å². The Labute approximate surface area is 106 Å². The SMILES string of the molecule is NCCCCNC(=O)CCOc1ccccc1F. The van der Waals surface area contributed by atoms with Crippen molar-refractivity contribution in [1.82, 2.24) is 5.32 Å². The monoisotopic (exact) mass is 254 g/mol. The van der Waals surface area contributed by atoms with Crippen LogP contribution >= 0.6 is 0 Å². The molecule has 0 unspecified atom stereocenters. The third kappa shape index (κ3) is 5.63. The zero-order chi connectivity index (χ0) is 13.2. The second kappa shape index (κ2) is 8.47. The van der Waals surface area contributed by atoms with E-state index >= 15 is 0 Å². The van der Waals surface area contributed by atoms with Crippen LogP contribution < -0.4 is 15.8 Å². The molecule has 1 aromatic rings. The number of ether oxygens (including phenoxy) is 1. The van der Waals surface area contributed by atoms with Crippen molar-refractivity contribution in [3.63, 3.8) is 0 Å². The number of halogens is 1. The molecule has 18 heavy (non-hydrogen) atoms. The molecule has 1 aromatic carbocycles. The van der Waals surface area contributed by atoms with Crippen LogP contribution in [0.15, 0.2) is 24.3 Å². The molecule has 0 aliphatic carbocycles. The molecule has 1 amide bonds. The van der Waals surface area contributed by atoms with E-state index in [2.05, 4.69) is 5.32 Å². The number of amides is 1. The van der Waals surface area contributed by atoms with Gasteiger partial charge in [0.05, 0.1) is 13.0 Å². The highest BCUT2D eigenvalue weighted by Crippen LogP contribution is 2.15. The fourth-order valence-corrected chi connectivity index (χ4v) is 1.40. The number of rotatable bonds is 8. The van der Waals surface area contributed by atoms with Crippen LogP contribution in [0.1, 0.15) is 19.3 Å². The quantitative estimate of drug-likeness (QED) is 0.690. The zero-order valence-electron chi connectivity index (χ0n) is 10.3. The third-order valence-corrected chi connectivity index (χ3v) is 2.38. The Morgan fingerprint density at radius 1 is 1.33 bits per heavy atom. The number of carbonyl (C=O) groups is 1. The van der Waals surface area contributed by atoms with Gasteiger partial charge in [0.15, 0.2) is 11.6 Å². The van der Waals surface area contributed by atoms with Crippen LogP contribution in [-0.2, 0) is 4.79 Å². The lowest BCUT2D eigenvalue weighted by molar-refractivity contribution is -0.121. The topological polar surface area (TPSA) is 64.3 Å². The van der Waals surface area contributed by atoms with Gasteiger partial charge < -0.3 is 15.8 Å². The Balaban J connectivity index is 2.14. The lowest BCUT2D eigenvalue weighted by Gasteiger charge is -2.07. The minimum atomic E-state index is -0.416. The van der Waals surface area contributed by atoms with Crippen LogP contribution in [0, 0.1) is 5.82 Å². The third-order valence-electron chi connectivity index (χ3n) is 2.38. The number of hydrogen-bond acceptors (Lipinski definition) is 3. The average molecular weight is 254 g/mol. The second-order valence-corrected chi connectivity index (χ2v) is 3.87. The molecule has 5 heteroatoms. The first-order chi connectivity index (χ1) is 8.74. The lowest BCUT2D eigenvalue weighted by Crippen LogP contribution is -2.26. The summed E-state index contributed by atoms with van der Waals surface area (Å²) in [6, 6.07) is 6.13. The summed E-state index contributed by atoms with van der Waals surface area (Å²) in [5.74, 6) is -0.336. The van der Waals surface area contributed by atoms with Gasteiger partial charge in [-0.3, -0.25) is 4.79 Å². The summed E-state index contributed by atoms with van der Waals surface area (Å²) in [5, 5.41) is 2.75. The first-order valence-corrected chi connectivity index (χ1v) is 6.08. The van der Waals surface area contributed by atoms with Crippen molar-refractivity contribution in [3.8, 4) is 5.75 Å². The molecule has 0 atom stereocenters. The molecule has 0 radical (unpaired) electrons. The highest BCUT2D eigenvalue weighted by atomic mass is 19.1. The first-order valence-electron chi connectivity index (χ1n) is 6.08. The van der Waals surface area contributed by atoms with E-state index in [0.717, 1.165) is 12.8 Å². The maximum absolute atomic E-state index is 13.2. The van der Waals surface area contributed by atoms with Crippen molar-refractivity contribution in [3.05, 3.63) is 30.1 Å². The summed E-state index contributed by atoms with van der Waals surface area (Å²) >= 11 is 0. The van der Waals surface area contributed by atoms with Crippen molar-refractivity contribution in [2.24, 2.45) is 5.73 Å². The number of carbonyl (C=O) groups excluding carboxylic acids is 1. The minimum Gasteiger partial charge on any atom is -0.490 e. The first kappa shape index (κ1) is 14.4. The number of nitrogens with one attached hydrogen (secondary N) is 1. The van der Waals surface area contributed by atoms with E-state index < -0.39 is 5.82 Å². The molecule has 3 N–H and O–H groups in total. The number of benzene rings is 1. The van der Waals surface area contributed by atoms with Gasteiger partial charge in [-0.2, -0.15) is 0 Å². The average Bonchev–Trinajstić information content (AvgIpc) is 2.37. The summed E-state index contributed by atoms with van der Waals surface area (Å²) in [4.78, 5) is 11.4. The van der Waals surface area contributed by atoms with Crippen LogP contribution in [0.3, 0.4) is 0 Å². The molecular weight excluding hydrogens is 235 g/mol. The van der Waals surface area contributed by atoms with Gasteiger partial charge in [0, 0.05) is 6.54 Å². The maximum Gasteiger partial charge on any atom is 0.223 e. The molecule has 0 saturated heterocycles. The van der Waals surface area contributed by atoms with Crippen LogP contribution in [0.5, 0.6) is 5.75 Å². The highest BCUT2D eigenvalue weighted by Gasteiger charge is 2.04. The summed E-state index contributed by atoms with van der Waals surface area (Å²) in [5.41, 5.74) is 5.34. The van der Waals surface area contributed by atoms with Crippen LogP contribution in [-0.4, -0.2) is 25.6 Å². The number of hydrogen-bond donors (Lipinski definition) is 2. The zero-order valence-corrected chi connectivity index (χ0v) is 10.3. The molecule has 0 heterocycles. The molecule has 0 aromatic heterocycles. The van der Waals surface area contributed by atoms with E-state index in [9.17, 15) is 9.18 Å². The molecule has 0 aliphatic heterocycles. The van der Waals surface area contributed by atoms with Gasteiger partial charge in [0.25, 0.3) is 0 Å². The molecule has 1 rings (SSSR count). The van der Waals surface area contributed by atoms with Gasteiger partial charge in [0.2, 0.25) is 5.91 Å². The fraction of sp³-hybridized carbons (Fsp3) is 0.462. The Bertz CT molecular complexity index is 372. The Hall–Kier alpha value is -1.62. The molecule has 0 aliphatic rings. The van der Waals surface area contributed by atoms with Crippen molar-refractivity contribution in [1.29, 1.82) is 0 Å². The standard InChI is InChI=1S/C13H19FN2O2/c14-11-5-1-2-6-12(11)18-10-7-13(17)16-9-4-3-8-15/h1-2,5-6H,3-4,7-10,15H2,(H,16,17). The predicted molar refractivity (Wildman–Crippen MR) is 67.8 cm³/mol.